The predicted molar refractivity (Wildman–Crippen MR) is 77.5 cm³/mol. The molecule has 0 bridgehead atoms. The van der Waals surface area contributed by atoms with Gasteiger partial charge in [0.15, 0.2) is 0 Å². The molecule has 19 heavy (non-hydrogen) atoms. The fraction of sp³-hybridized carbons (Fsp3) is 0.929. The van der Waals surface area contributed by atoms with E-state index in [1.165, 1.54) is 32.1 Å². The average Bonchev–Trinajstić information content (AvgIpc) is 2.48. The molecule has 1 unspecified atom stereocenters. The lowest BCUT2D eigenvalue weighted by Gasteiger charge is -2.45. The van der Waals surface area contributed by atoms with Gasteiger partial charge in [-0.15, -0.1) is 0 Å². The first kappa shape index (κ1) is 13.7. The number of carbonyl (C=O) groups is 1. The fourth-order valence-corrected chi connectivity index (χ4v) is 5.03. The topological polar surface area (TPSA) is 41.6 Å². The number of rotatable bonds is 1. The van der Waals surface area contributed by atoms with Crippen LogP contribution in [-0.2, 0) is 9.53 Å². The number of carbonyl (C=O) groups excluding carboxylic acids is 1. The molecule has 1 amide bonds. The normalized spacial score (nSPS) is 31.4. The fourth-order valence-electron chi connectivity index (χ4n) is 3.46. The smallest absolute Gasteiger partial charge is 0.253 e. The minimum absolute atomic E-state index is 0.206. The Labute approximate surface area is 119 Å². The predicted octanol–water partition coefficient (Wildman–Crippen LogP) is 1.25. The number of morpholine rings is 1. The van der Waals surface area contributed by atoms with Crippen molar-refractivity contribution in [3.63, 3.8) is 0 Å². The molecule has 0 aromatic carbocycles. The van der Waals surface area contributed by atoms with Crippen LogP contribution in [0.1, 0.15) is 32.1 Å². The lowest BCUT2D eigenvalue weighted by atomic mass is 9.87. The Bertz CT molecular complexity index is 320. The molecule has 0 radical (unpaired) electrons. The highest BCUT2D eigenvalue weighted by molar-refractivity contribution is 8.00. The van der Waals surface area contributed by atoms with E-state index in [1.54, 1.807) is 0 Å². The van der Waals surface area contributed by atoms with Crippen LogP contribution in [0.3, 0.4) is 0 Å². The van der Waals surface area contributed by atoms with Crippen LogP contribution in [-0.4, -0.2) is 60.2 Å². The van der Waals surface area contributed by atoms with E-state index in [2.05, 4.69) is 22.0 Å². The van der Waals surface area contributed by atoms with Gasteiger partial charge in [-0.05, 0) is 12.8 Å². The van der Waals surface area contributed by atoms with E-state index in [0.717, 1.165) is 25.4 Å². The summed E-state index contributed by atoms with van der Waals surface area (Å²) in [6.07, 6.45) is 6.34. The van der Waals surface area contributed by atoms with Crippen LogP contribution in [0.2, 0.25) is 0 Å². The molecule has 1 saturated carbocycles. The summed E-state index contributed by atoms with van der Waals surface area (Å²) >= 11 is 2.10. The third-order valence-electron chi connectivity index (χ3n) is 4.53. The van der Waals surface area contributed by atoms with Crippen LogP contribution in [0.4, 0.5) is 0 Å². The average molecular weight is 284 g/mol. The van der Waals surface area contributed by atoms with Crippen LogP contribution >= 0.6 is 11.8 Å². The highest BCUT2D eigenvalue weighted by Crippen LogP contribution is 2.42. The van der Waals surface area contributed by atoms with E-state index in [-0.39, 0.29) is 12.0 Å². The molecule has 5 heteroatoms. The third kappa shape index (κ3) is 3.09. The number of nitrogens with zero attached hydrogens (tertiary/aromatic N) is 1. The van der Waals surface area contributed by atoms with Gasteiger partial charge in [0.1, 0.15) is 6.10 Å². The highest BCUT2D eigenvalue weighted by Gasteiger charge is 2.40. The second-order valence-corrected chi connectivity index (χ2v) is 7.48. The molecule has 3 fully saturated rings. The van der Waals surface area contributed by atoms with Crippen molar-refractivity contribution in [2.45, 2.75) is 43.0 Å². The number of ether oxygens (including phenoxy) is 1. The maximum atomic E-state index is 12.5. The quantitative estimate of drug-likeness (QED) is 0.787. The molecule has 1 spiro atoms. The summed E-state index contributed by atoms with van der Waals surface area (Å²) in [5.41, 5.74) is 0. The summed E-state index contributed by atoms with van der Waals surface area (Å²) in [6, 6.07) is 0. The zero-order chi connectivity index (χ0) is 13.1. The van der Waals surface area contributed by atoms with Crippen molar-refractivity contribution >= 4 is 17.7 Å². The summed E-state index contributed by atoms with van der Waals surface area (Å²) < 4.78 is 5.96. The van der Waals surface area contributed by atoms with Crippen LogP contribution < -0.4 is 5.32 Å². The Balaban J connectivity index is 1.62. The summed E-state index contributed by atoms with van der Waals surface area (Å²) in [5, 5.41) is 3.25. The van der Waals surface area contributed by atoms with Crippen molar-refractivity contribution in [3.05, 3.63) is 0 Å². The molecule has 2 heterocycles. The first-order chi connectivity index (χ1) is 9.29. The van der Waals surface area contributed by atoms with Gasteiger partial charge >= 0.3 is 0 Å². The van der Waals surface area contributed by atoms with Crippen molar-refractivity contribution in [1.29, 1.82) is 0 Å². The van der Waals surface area contributed by atoms with Crippen LogP contribution in [0.15, 0.2) is 0 Å². The second kappa shape index (κ2) is 6.02. The van der Waals surface area contributed by atoms with Crippen LogP contribution in [0, 0.1) is 0 Å². The largest absolute Gasteiger partial charge is 0.366 e. The Morgan fingerprint density at radius 3 is 2.89 bits per heavy atom. The lowest BCUT2D eigenvalue weighted by molar-refractivity contribution is -0.145. The summed E-state index contributed by atoms with van der Waals surface area (Å²) in [6.45, 7) is 4.03. The Morgan fingerprint density at radius 2 is 2.16 bits per heavy atom. The van der Waals surface area contributed by atoms with E-state index >= 15 is 0 Å². The molecule has 4 nitrogen and oxygen atoms in total. The van der Waals surface area contributed by atoms with Gasteiger partial charge < -0.3 is 15.0 Å². The molecule has 1 atom stereocenters. The summed E-state index contributed by atoms with van der Waals surface area (Å²) in [4.78, 5) is 14.6. The van der Waals surface area contributed by atoms with E-state index in [1.807, 2.05) is 0 Å². The van der Waals surface area contributed by atoms with Crippen molar-refractivity contribution in [1.82, 2.24) is 10.2 Å². The van der Waals surface area contributed by atoms with E-state index in [4.69, 9.17) is 4.74 Å². The molecule has 3 aliphatic rings. The third-order valence-corrected chi connectivity index (χ3v) is 6.06. The van der Waals surface area contributed by atoms with Gasteiger partial charge in [-0.3, -0.25) is 4.79 Å². The Morgan fingerprint density at radius 1 is 1.32 bits per heavy atom. The van der Waals surface area contributed by atoms with Gasteiger partial charge in [0.05, 0.1) is 6.61 Å². The van der Waals surface area contributed by atoms with E-state index in [9.17, 15) is 4.79 Å². The van der Waals surface area contributed by atoms with Gasteiger partial charge in [0.25, 0.3) is 5.91 Å². The van der Waals surface area contributed by atoms with Crippen molar-refractivity contribution in [2.24, 2.45) is 0 Å². The molecule has 1 N–H and O–H groups in total. The number of thioether (sulfide) groups is 1. The minimum atomic E-state index is -0.252. The van der Waals surface area contributed by atoms with Gasteiger partial charge in [0, 0.05) is 36.7 Å². The maximum absolute atomic E-state index is 12.5. The highest BCUT2D eigenvalue weighted by atomic mass is 32.2. The van der Waals surface area contributed by atoms with Gasteiger partial charge in [-0.1, -0.05) is 19.3 Å². The molecule has 108 valence electrons. The summed E-state index contributed by atoms with van der Waals surface area (Å²) in [5.74, 6) is 1.30. The van der Waals surface area contributed by atoms with E-state index < -0.39 is 0 Å². The second-order valence-electron chi connectivity index (χ2n) is 5.92. The SMILES string of the molecule is O=C(C1CNCCO1)N1CCSC2(CCCCC2)C1. The van der Waals surface area contributed by atoms with Gasteiger partial charge in [-0.25, -0.2) is 0 Å². The maximum Gasteiger partial charge on any atom is 0.253 e. The molecule has 0 aromatic heterocycles. The standard InChI is InChI=1S/C14H24N2O2S/c17-13(12-10-15-6-8-18-12)16-7-9-19-14(11-16)4-2-1-3-5-14/h12,15H,1-11H2. The number of amides is 1. The zero-order valence-corrected chi connectivity index (χ0v) is 12.3. The van der Waals surface area contributed by atoms with Gasteiger partial charge in [-0.2, -0.15) is 11.8 Å². The summed E-state index contributed by atoms with van der Waals surface area (Å²) in [7, 11) is 0. The number of nitrogens with one attached hydrogen (secondary N) is 1. The Hall–Kier alpha value is -0.260. The molecular weight excluding hydrogens is 260 g/mol. The lowest BCUT2D eigenvalue weighted by Crippen LogP contribution is -2.55. The van der Waals surface area contributed by atoms with Crippen molar-refractivity contribution in [2.75, 3.05) is 38.5 Å². The molecule has 3 rings (SSSR count). The van der Waals surface area contributed by atoms with Crippen LogP contribution in [0.25, 0.3) is 0 Å². The zero-order valence-electron chi connectivity index (χ0n) is 11.5. The number of hydrogen-bond donors (Lipinski definition) is 1. The van der Waals surface area contributed by atoms with Gasteiger partial charge in [0.2, 0.25) is 0 Å². The van der Waals surface area contributed by atoms with Crippen molar-refractivity contribution in [3.8, 4) is 0 Å². The van der Waals surface area contributed by atoms with Crippen molar-refractivity contribution < 1.29 is 9.53 Å². The monoisotopic (exact) mass is 284 g/mol. The molecule has 1 aliphatic carbocycles. The first-order valence-corrected chi connectivity index (χ1v) is 8.53. The molecular formula is C14H24N2O2S. The van der Waals surface area contributed by atoms with Crippen LogP contribution in [0.5, 0.6) is 0 Å². The minimum Gasteiger partial charge on any atom is -0.366 e. The molecule has 0 aromatic rings. The van der Waals surface area contributed by atoms with E-state index in [0.29, 0.717) is 17.9 Å². The first-order valence-electron chi connectivity index (χ1n) is 7.54. The molecule has 2 aliphatic heterocycles. The molecule has 2 saturated heterocycles. The number of hydrogen-bond acceptors (Lipinski definition) is 4. The Kier molecular flexibility index (Phi) is 4.34.